The summed E-state index contributed by atoms with van der Waals surface area (Å²) in [4.78, 5) is 35.2. The van der Waals surface area contributed by atoms with E-state index >= 15 is 0 Å². The van der Waals surface area contributed by atoms with Crippen LogP contribution in [0.25, 0.3) is 0 Å². The Morgan fingerprint density at radius 3 is 2.21 bits per heavy atom. The number of rotatable bonds is 4. The molecule has 0 aromatic heterocycles. The number of ether oxygens (including phenoxy) is 1. The van der Waals surface area contributed by atoms with E-state index < -0.39 is 5.60 Å². The number of benzene rings is 1. The molecule has 1 heterocycles. The minimum atomic E-state index is -0.483. The molecular formula is C22H31N3O4. The molecule has 1 aromatic carbocycles. The van der Waals surface area contributed by atoms with Gasteiger partial charge in [-0.3, -0.25) is 14.9 Å². The number of piperidine rings is 1. The van der Waals surface area contributed by atoms with E-state index in [1.807, 2.05) is 45.0 Å². The zero-order valence-corrected chi connectivity index (χ0v) is 17.4. The summed E-state index contributed by atoms with van der Waals surface area (Å²) in [6.07, 6.45) is 4.35. The summed E-state index contributed by atoms with van der Waals surface area (Å²) < 4.78 is 5.32. The van der Waals surface area contributed by atoms with Crippen molar-refractivity contribution < 1.29 is 19.1 Å². The SMILES string of the molecule is CC(C)(C)OC(=O)NC1CCC(Nc2ccc(C3CCC(=O)NC3=O)cc2)CC1. The molecule has 1 aliphatic carbocycles. The van der Waals surface area contributed by atoms with Crippen LogP contribution < -0.4 is 16.0 Å². The van der Waals surface area contributed by atoms with Crippen molar-refractivity contribution in [2.45, 2.75) is 82.9 Å². The lowest BCUT2D eigenvalue weighted by atomic mass is 9.89. The van der Waals surface area contributed by atoms with E-state index in [0.29, 0.717) is 18.9 Å². The Balaban J connectivity index is 1.45. The minimum Gasteiger partial charge on any atom is -0.444 e. The number of anilines is 1. The molecule has 1 unspecified atom stereocenters. The van der Waals surface area contributed by atoms with Gasteiger partial charge in [0, 0.05) is 24.2 Å². The van der Waals surface area contributed by atoms with Crippen LogP contribution >= 0.6 is 0 Å². The van der Waals surface area contributed by atoms with Gasteiger partial charge in [0.15, 0.2) is 0 Å². The molecule has 3 amide bonds. The fraction of sp³-hybridized carbons (Fsp3) is 0.591. The predicted octanol–water partition coefficient (Wildman–Crippen LogP) is 3.45. The van der Waals surface area contributed by atoms with Gasteiger partial charge in [-0.05, 0) is 70.6 Å². The van der Waals surface area contributed by atoms with Gasteiger partial charge < -0.3 is 15.4 Å². The highest BCUT2D eigenvalue weighted by atomic mass is 16.6. The lowest BCUT2D eigenvalue weighted by Crippen LogP contribution is -2.42. The topological polar surface area (TPSA) is 96.5 Å². The molecule has 1 aromatic rings. The largest absolute Gasteiger partial charge is 0.444 e. The van der Waals surface area contributed by atoms with Gasteiger partial charge in [0.25, 0.3) is 0 Å². The van der Waals surface area contributed by atoms with Crippen molar-refractivity contribution in [2.75, 3.05) is 5.32 Å². The summed E-state index contributed by atoms with van der Waals surface area (Å²) in [7, 11) is 0. The Hall–Kier alpha value is -2.57. The van der Waals surface area contributed by atoms with E-state index in [1.54, 1.807) is 0 Å². The smallest absolute Gasteiger partial charge is 0.407 e. The number of hydrogen-bond donors (Lipinski definition) is 3. The molecule has 0 spiro atoms. The van der Waals surface area contributed by atoms with Gasteiger partial charge in [0.05, 0.1) is 5.92 Å². The molecule has 7 heteroatoms. The number of hydrogen-bond acceptors (Lipinski definition) is 5. The summed E-state index contributed by atoms with van der Waals surface area (Å²) in [6.45, 7) is 5.58. The van der Waals surface area contributed by atoms with Gasteiger partial charge in [0.2, 0.25) is 11.8 Å². The lowest BCUT2D eigenvalue weighted by Gasteiger charge is -2.31. The molecule has 1 aliphatic heterocycles. The van der Waals surface area contributed by atoms with Crippen molar-refractivity contribution >= 4 is 23.6 Å². The molecule has 158 valence electrons. The molecule has 0 radical (unpaired) electrons. The first-order chi connectivity index (χ1) is 13.7. The first-order valence-corrected chi connectivity index (χ1v) is 10.4. The van der Waals surface area contributed by atoms with Crippen LogP contribution in [0.5, 0.6) is 0 Å². The number of alkyl carbamates (subject to hydrolysis) is 1. The van der Waals surface area contributed by atoms with Crippen LogP contribution in [0.1, 0.15) is 70.8 Å². The first-order valence-electron chi connectivity index (χ1n) is 10.4. The maximum absolute atomic E-state index is 12.0. The normalized spacial score (nSPS) is 25.1. The molecular weight excluding hydrogens is 370 g/mol. The average molecular weight is 402 g/mol. The zero-order chi connectivity index (χ0) is 21.0. The van der Waals surface area contributed by atoms with Crippen molar-refractivity contribution in [3.63, 3.8) is 0 Å². The van der Waals surface area contributed by atoms with E-state index in [1.165, 1.54) is 0 Å². The van der Waals surface area contributed by atoms with Gasteiger partial charge in [-0.1, -0.05) is 12.1 Å². The third kappa shape index (κ3) is 6.21. The van der Waals surface area contributed by atoms with E-state index in [0.717, 1.165) is 36.9 Å². The van der Waals surface area contributed by atoms with Gasteiger partial charge in [-0.25, -0.2) is 4.79 Å². The molecule has 1 atom stereocenters. The van der Waals surface area contributed by atoms with Gasteiger partial charge in [-0.15, -0.1) is 0 Å². The summed E-state index contributed by atoms with van der Waals surface area (Å²) in [5.41, 5.74) is 1.47. The summed E-state index contributed by atoms with van der Waals surface area (Å²) in [5.74, 6) is -0.657. The van der Waals surface area contributed by atoms with Crippen LogP contribution in [-0.4, -0.2) is 35.6 Å². The average Bonchev–Trinajstić information content (AvgIpc) is 2.63. The number of imide groups is 1. The van der Waals surface area contributed by atoms with Crippen LogP contribution in [0.3, 0.4) is 0 Å². The van der Waals surface area contributed by atoms with Gasteiger partial charge in [-0.2, -0.15) is 0 Å². The fourth-order valence-electron chi connectivity index (χ4n) is 3.92. The van der Waals surface area contributed by atoms with Crippen molar-refractivity contribution in [1.82, 2.24) is 10.6 Å². The Labute approximate surface area is 172 Å². The second-order valence-corrected chi connectivity index (χ2v) is 8.96. The summed E-state index contributed by atoms with van der Waals surface area (Å²) in [6, 6.07) is 8.40. The Morgan fingerprint density at radius 1 is 1.00 bits per heavy atom. The van der Waals surface area contributed by atoms with Crippen molar-refractivity contribution in [3.05, 3.63) is 29.8 Å². The highest BCUT2D eigenvalue weighted by Gasteiger charge is 2.28. The van der Waals surface area contributed by atoms with Crippen LogP contribution in [0.4, 0.5) is 10.5 Å². The quantitative estimate of drug-likeness (QED) is 0.672. The molecule has 7 nitrogen and oxygen atoms in total. The molecule has 2 aliphatic rings. The third-order valence-electron chi connectivity index (χ3n) is 5.37. The van der Waals surface area contributed by atoms with Crippen LogP contribution in [0.15, 0.2) is 24.3 Å². The highest BCUT2D eigenvalue weighted by Crippen LogP contribution is 2.27. The summed E-state index contributed by atoms with van der Waals surface area (Å²) >= 11 is 0. The molecule has 0 bridgehead atoms. The molecule has 3 N–H and O–H groups in total. The van der Waals surface area contributed by atoms with Crippen LogP contribution in [0, 0.1) is 0 Å². The second-order valence-electron chi connectivity index (χ2n) is 8.96. The minimum absolute atomic E-state index is 0.151. The molecule has 29 heavy (non-hydrogen) atoms. The van der Waals surface area contributed by atoms with Crippen LogP contribution in [0.2, 0.25) is 0 Å². The number of nitrogens with one attached hydrogen (secondary N) is 3. The Kier molecular flexibility index (Phi) is 6.45. The summed E-state index contributed by atoms with van der Waals surface area (Å²) in [5, 5.41) is 8.91. The van der Waals surface area contributed by atoms with Crippen LogP contribution in [-0.2, 0) is 14.3 Å². The Bertz CT molecular complexity index is 746. The molecule has 1 saturated carbocycles. The molecule has 1 saturated heterocycles. The standard InChI is InChI=1S/C22H31N3O4/c1-22(2,3)29-21(28)24-17-10-8-16(9-11-17)23-15-6-4-14(5-7-15)18-12-13-19(26)25-20(18)27/h4-7,16-18,23H,8-13H2,1-3H3,(H,24,28)(H,25,26,27). The maximum Gasteiger partial charge on any atom is 0.407 e. The third-order valence-corrected chi connectivity index (χ3v) is 5.37. The second kappa shape index (κ2) is 8.84. The first kappa shape index (κ1) is 21.1. The van der Waals surface area contributed by atoms with E-state index in [-0.39, 0.29) is 29.9 Å². The van der Waals surface area contributed by atoms with Gasteiger partial charge >= 0.3 is 6.09 Å². The van der Waals surface area contributed by atoms with Crippen molar-refractivity contribution in [2.24, 2.45) is 0 Å². The monoisotopic (exact) mass is 401 g/mol. The number of carbonyl (C=O) groups is 3. The number of amides is 3. The maximum atomic E-state index is 12.0. The lowest BCUT2D eigenvalue weighted by molar-refractivity contribution is -0.134. The Morgan fingerprint density at radius 2 is 1.62 bits per heavy atom. The van der Waals surface area contributed by atoms with E-state index in [2.05, 4.69) is 16.0 Å². The number of carbonyl (C=O) groups excluding carboxylic acids is 3. The molecule has 2 fully saturated rings. The van der Waals surface area contributed by atoms with E-state index in [4.69, 9.17) is 4.74 Å². The fourth-order valence-corrected chi connectivity index (χ4v) is 3.92. The van der Waals surface area contributed by atoms with Crippen molar-refractivity contribution in [1.29, 1.82) is 0 Å². The highest BCUT2D eigenvalue weighted by molar-refractivity contribution is 6.00. The predicted molar refractivity (Wildman–Crippen MR) is 111 cm³/mol. The molecule has 3 rings (SSSR count). The van der Waals surface area contributed by atoms with E-state index in [9.17, 15) is 14.4 Å². The van der Waals surface area contributed by atoms with Gasteiger partial charge in [0.1, 0.15) is 5.60 Å². The van der Waals surface area contributed by atoms with Crippen molar-refractivity contribution in [3.8, 4) is 0 Å². The zero-order valence-electron chi connectivity index (χ0n) is 17.4.